The van der Waals surface area contributed by atoms with Crippen LogP contribution < -0.4 is 5.32 Å². The summed E-state index contributed by atoms with van der Waals surface area (Å²) in [6.45, 7) is 7.59. The summed E-state index contributed by atoms with van der Waals surface area (Å²) in [6.07, 6.45) is 4.11. The molecule has 4 nitrogen and oxygen atoms in total. The number of allylic oxidation sites excluding steroid dienone is 1. The lowest BCUT2D eigenvalue weighted by Gasteiger charge is -2.23. The van der Waals surface area contributed by atoms with E-state index >= 15 is 0 Å². The molecule has 0 aliphatic rings. The van der Waals surface area contributed by atoms with E-state index in [0.717, 1.165) is 45.0 Å². The molecule has 0 amide bonds. The smallest absolute Gasteiger partial charge is 0.193 e. The average Bonchev–Trinajstić information content (AvgIpc) is 2.52. The maximum absolute atomic E-state index is 4.33. The topological polar surface area (TPSA) is 30.9 Å². The molecule has 0 saturated carbocycles. The molecule has 23 heavy (non-hydrogen) atoms. The van der Waals surface area contributed by atoms with Crippen LogP contribution in [0.4, 0.5) is 0 Å². The SMILES string of the molecule is C=CCCCN(C)C(=NC)NCCN(C)Cc1ccccc1.I. The van der Waals surface area contributed by atoms with Crippen molar-refractivity contribution in [2.75, 3.05) is 40.8 Å². The highest BCUT2D eigenvalue weighted by atomic mass is 127. The Morgan fingerprint density at radius 1 is 1.22 bits per heavy atom. The van der Waals surface area contributed by atoms with Crippen LogP contribution in [-0.4, -0.2) is 56.5 Å². The van der Waals surface area contributed by atoms with E-state index in [0.29, 0.717) is 0 Å². The Hall–Kier alpha value is -1.08. The van der Waals surface area contributed by atoms with Crippen molar-refractivity contribution in [3.63, 3.8) is 0 Å². The van der Waals surface area contributed by atoms with Crippen LogP contribution in [0.1, 0.15) is 18.4 Å². The zero-order chi connectivity index (χ0) is 16.2. The van der Waals surface area contributed by atoms with Gasteiger partial charge in [0.1, 0.15) is 0 Å². The summed E-state index contributed by atoms with van der Waals surface area (Å²) in [4.78, 5) is 8.81. The molecule has 0 radical (unpaired) electrons. The molecule has 0 saturated heterocycles. The highest BCUT2D eigenvalue weighted by Crippen LogP contribution is 2.01. The Morgan fingerprint density at radius 2 is 1.91 bits per heavy atom. The third kappa shape index (κ3) is 9.61. The summed E-state index contributed by atoms with van der Waals surface area (Å²) in [5.41, 5.74) is 1.34. The molecule has 0 heterocycles. The van der Waals surface area contributed by atoms with E-state index in [4.69, 9.17) is 0 Å². The minimum Gasteiger partial charge on any atom is -0.355 e. The zero-order valence-electron chi connectivity index (χ0n) is 14.7. The number of guanidine groups is 1. The summed E-state index contributed by atoms with van der Waals surface area (Å²) < 4.78 is 0. The van der Waals surface area contributed by atoms with Crippen molar-refractivity contribution in [1.29, 1.82) is 0 Å². The van der Waals surface area contributed by atoms with Crippen LogP contribution in [0.3, 0.4) is 0 Å². The van der Waals surface area contributed by atoms with E-state index < -0.39 is 0 Å². The summed E-state index contributed by atoms with van der Waals surface area (Å²) in [6, 6.07) is 10.5. The maximum atomic E-state index is 4.33. The fraction of sp³-hybridized carbons (Fsp3) is 0.500. The first kappa shape index (κ1) is 21.9. The van der Waals surface area contributed by atoms with Crippen LogP contribution in [-0.2, 0) is 6.54 Å². The second-order valence-electron chi connectivity index (χ2n) is 5.55. The van der Waals surface area contributed by atoms with Gasteiger partial charge in [0, 0.05) is 40.3 Å². The normalized spacial score (nSPS) is 11.0. The molecule has 0 aromatic heterocycles. The van der Waals surface area contributed by atoms with Crippen molar-refractivity contribution in [3.8, 4) is 0 Å². The molecule has 0 aliphatic carbocycles. The highest BCUT2D eigenvalue weighted by Gasteiger charge is 2.05. The monoisotopic (exact) mass is 430 g/mol. The summed E-state index contributed by atoms with van der Waals surface area (Å²) in [5.74, 6) is 0.956. The van der Waals surface area contributed by atoms with Crippen molar-refractivity contribution in [2.24, 2.45) is 4.99 Å². The molecule has 1 rings (SSSR count). The number of hydrogen-bond donors (Lipinski definition) is 1. The van der Waals surface area contributed by atoms with E-state index in [1.54, 1.807) is 0 Å². The Morgan fingerprint density at radius 3 is 2.52 bits per heavy atom. The first-order valence-electron chi connectivity index (χ1n) is 7.92. The third-order valence-corrected chi connectivity index (χ3v) is 3.55. The van der Waals surface area contributed by atoms with Crippen LogP contribution in [0.5, 0.6) is 0 Å². The van der Waals surface area contributed by atoms with Gasteiger partial charge in [0.2, 0.25) is 0 Å². The fourth-order valence-corrected chi connectivity index (χ4v) is 2.30. The van der Waals surface area contributed by atoms with Gasteiger partial charge in [-0.25, -0.2) is 0 Å². The second-order valence-corrected chi connectivity index (χ2v) is 5.55. The van der Waals surface area contributed by atoms with Gasteiger partial charge in [0.15, 0.2) is 5.96 Å². The van der Waals surface area contributed by atoms with Gasteiger partial charge in [-0.3, -0.25) is 4.99 Å². The molecule has 0 bridgehead atoms. The van der Waals surface area contributed by atoms with Gasteiger partial charge in [-0.1, -0.05) is 36.4 Å². The molecule has 5 heteroatoms. The molecule has 1 aromatic carbocycles. The van der Waals surface area contributed by atoms with Crippen LogP contribution in [0.25, 0.3) is 0 Å². The summed E-state index contributed by atoms with van der Waals surface area (Å²) in [5, 5.41) is 3.42. The van der Waals surface area contributed by atoms with Crippen LogP contribution in [0.2, 0.25) is 0 Å². The number of benzene rings is 1. The van der Waals surface area contributed by atoms with E-state index in [-0.39, 0.29) is 24.0 Å². The molecule has 0 aliphatic heterocycles. The fourth-order valence-electron chi connectivity index (χ4n) is 2.30. The van der Waals surface area contributed by atoms with Crippen molar-refractivity contribution in [1.82, 2.24) is 15.1 Å². The van der Waals surface area contributed by atoms with E-state index in [2.05, 4.69) is 71.1 Å². The van der Waals surface area contributed by atoms with Gasteiger partial charge in [0.25, 0.3) is 0 Å². The summed E-state index contributed by atoms with van der Waals surface area (Å²) in [7, 11) is 6.05. The van der Waals surface area contributed by atoms with E-state index in [9.17, 15) is 0 Å². The predicted octanol–water partition coefficient (Wildman–Crippen LogP) is 3.21. The van der Waals surface area contributed by atoms with Gasteiger partial charge in [0.05, 0.1) is 0 Å². The van der Waals surface area contributed by atoms with Crippen molar-refractivity contribution < 1.29 is 0 Å². The summed E-state index contributed by atoms with van der Waals surface area (Å²) >= 11 is 0. The molecule has 0 spiro atoms. The Kier molecular flexibility index (Phi) is 12.7. The number of likely N-dealkylation sites (N-methyl/N-ethyl adjacent to an activating group) is 1. The molecule has 1 aromatic rings. The number of nitrogens with one attached hydrogen (secondary N) is 1. The molecule has 130 valence electrons. The van der Waals surface area contributed by atoms with Crippen molar-refractivity contribution in [2.45, 2.75) is 19.4 Å². The zero-order valence-corrected chi connectivity index (χ0v) is 17.0. The second kappa shape index (κ2) is 13.4. The average molecular weight is 430 g/mol. The number of halogens is 1. The first-order valence-corrected chi connectivity index (χ1v) is 7.92. The Labute approximate surface area is 158 Å². The van der Waals surface area contributed by atoms with Gasteiger partial charge >= 0.3 is 0 Å². The molecule has 1 N–H and O–H groups in total. The van der Waals surface area contributed by atoms with Crippen LogP contribution >= 0.6 is 24.0 Å². The number of unbranched alkanes of at least 4 members (excludes halogenated alkanes) is 1. The number of aliphatic imine (C=N–C) groups is 1. The predicted molar refractivity (Wildman–Crippen MR) is 112 cm³/mol. The van der Waals surface area contributed by atoms with Crippen LogP contribution in [0, 0.1) is 0 Å². The van der Waals surface area contributed by atoms with Gasteiger partial charge in [-0.05, 0) is 25.5 Å². The van der Waals surface area contributed by atoms with Gasteiger partial charge < -0.3 is 15.1 Å². The van der Waals surface area contributed by atoms with Crippen molar-refractivity contribution >= 4 is 29.9 Å². The Balaban J connectivity index is 0.00000484. The molecule has 0 atom stereocenters. The minimum absolute atomic E-state index is 0. The molecule has 0 unspecified atom stereocenters. The van der Waals surface area contributed by atoms with Crippen LogP contribution in [0.15, 0.2) is 48.0 Å². The highest BCUT2D eigenvalue weighted by molar-refractivity contribution is 14.0. The van der Waals surface area contributed by atoms with E-state index in [1.165, 1.54) is 5.56 Å². The molecule has 0 fully saturated rings. The molecular formula is C18H31IN4. The quantitative estimate of drug-likeness (QED) is 0.215. The standard InChI is InChI=1S/C18H30N4.HI/c1-5-6-10-14-22(4)18(19-2)20-13-15-21(3)16-17-11-8-7-9-12-17;/h5,7-9,11-12H,1,6,10,13-16H2,2-4H3,(H,19,20);1H. The lowest BCUT2D eigenvalue weighted by molar-refractivity contribution is 0.329. The maximum Gasteiger partial charge on any atom is 0.193 e. The van der Waals surface area contributed by atoms with E-state index in [1.807, 2.05) is 13.1 Å². The first-order chi connectivity index (χ1) is 10.7. The lowest BCUT2D eigenvalue weighted by atomic mass is 10.2. The lowest BCUT2D eigenvalue weighted by Crippen LogP contribution is -2.42. The number of hydrogen-bond acceptors (Lipinski definition) is 2. The molecular weight excluding hydrogens is 399 g/mol. The minimum atomic E-state index is 0. The van der Waals surface area contributed by atoms with Gasteiger partial charge in [-0.15, -0.1) is 30.6 Å². The largest absolute Gasteiger partial charge is 0.355 e. The van der Waals surface area contributed by atoms with Crippen molar-refractivity contribution in [3.05, 3.63) is 48.6 Å². The number of rotatable bonds is 9. The van der Waals surface area contributed by atoms with Gasteiger partial charge in [-0.2, -0.15) is 0 Å². The Bertz CT molecular complexity index is 448. The number of nitrogens with zero attached hydrogens (tertiary/aromatic N) is 3. The third-order valence-electron chi connectivity index (χ3n) is 3.55.